The summed E-state index contributed by atoms with van der Waals surface area (Å²) in [6.45, 7) is 1.86. The molecule has 0 spiro atoms. The number of benzene rings is 1. The van der Waals surface area contributed by atoms with Crippen LogP contribution in [0.3, 0.4) is 0 Å². The molecule has 0 aliphatic rings. The van der Waals surface area contributed by atoms with E-state index in [2.05, 4.69) is 12.6 Å². The Morgan fingerprint density at radius 2 is 1.93 bits per heavy atom. The van der Waals surface area contributed by atoms with Gasteiger partial charge in [-0.15, -0.1) is 0 Å². The molecule has 1 aromatic rings. The fraction of sp³-hybridized carbons (Fsp3) is 0.200. The lowest BCUT2D eigenvalue weighted by molar-refractivity contribution is 0.161. The van der Waals surface area contributed by atoms with Crippen LogP contribution in [-0.4, -0.2) is 17.9 Å². The van der Waals surface area contributed by atoms with Crippen molar-refractivity contribution in [3.05, 3.63) is 30.3 Å². The van der Waals surface area contributed by atoms with E-state index in [-0.39, 0.29) is 6.61 Å². The molecule has 0 aromatic heterocycles. The topological polar surface area (TPSA) is 46.6 Å². The van der Waals surface area contributed by atoms with Gasteiger partial charge in [-0.25, -0.2) is 9.69 Å². The molecule has 0 unspecified atom stereocenters. The Labute approximate surface area is 93.2 Å². The van der Waals surface area contributed by atoms with Crippen LogP contribution in [0.2, 0.25) is 0 Å². The second-order valence-corrected chi connectivity index (χ2v) is 2.99. The van der Waals surface area contributed by atoms with E-state index >= 15 is 0 Å². The molecule has 0 N–H and O–H groups in total. The number of carbonyl (C=O) groups is 2. The number of amides is 2. The molecular weight excluding hydrogens is 214 g/mol. The lowest BCUT2D eigenvalue weighted by Gasteiger charge is -2.16. The molecule has 0 bridgehead atoms. The summed E-state index contributed by atoms with van der Waals surface area (Å²) in [5.41, 5.74) is 0.413. The van der Waals surface area contributed by atoms with Crippen molar-refractivity contribution >= 4 is 29.6 Å². The van der Waals surface area contributed by atoms with Crippen LogP contribution >= 0.6 is 12.6 Å². The van der Waals surface area contributed by atoms with Crippen LogP contribution < -0.4 is 4.90 Å². The average molecular weight is 224 g/mol. The molecule has 0 fully saturated rings. The summed E-state index contributed by atoms with van der Waals surface area (Å²) in [6.07, 6.45) is -0.747. The molecule has 4 nitrogen and oxygen atoms in total. The monoisotopic (exact) mass is 224 g/mol. The van der Waals surface area contributed by atoms with Crippen LogP contribution in [0.15, 0.2) is 30.3 Å². The highest BCUT2D eigenvalue weighted by atomic mass is 32.1. The third-order valence-electron chi connectivity index (χ3n) is 1.65. The van der Waals surface area contributed by atoms with E-state index in [0.717, 1.165) is 4.90 Å². The van der Waals surface area contributed by atoms with Gasteiger partial charge in [0.2, 0.25) is 0 Å². The predicted octanol–water partition coefficient (Wildman–Crippen LogP) is 2.97. The molecule has 0 heterocycles. The molecule has 0 aliphatic carbocycles. The Morgan fingerprint density at radius 3 is 2.40 bits per heavy atom. The van der Waals surface area contributed by atoms with E-state index in [4.69, 9.17) is 4.74 Å². The fourth-order valence-corrected chi connectivity index (χ4v) is 1.23. The quantitative estimate of drug-likeness (QED) is 0.775. The fourth-order valence-electron chi connectivity index (χ4n) is 1.05. The average Bonchev–Trinajstić information content (AvgIpc) is 2.19. The van der Waals surface area contributed by atoms with Crippen molar-refractivity contribution in [2.24, 2.45) is 0 Å². The Balaban J connectivity index is 2.94. The van der Waals surface area contributed by atoms with Crippen molar-refractivity contribution in [2.45, 2.75) is 6.92 Å². The van der Waals surface area contributed by atoms with Gasteiger partial charge in [-0.2, -0.15) is 0 Å². The van der Waals surface area contributed by atoms with E-state index in [1.54, 1.807) is 37.3 Å². The first-order chi connectivity index (χ1) is 7.16. The summed E-state index contributed by atoms with van der Waals surface area (Å²) in [7, 11) is 0. The first-order valence-corrected chi connectivity index (χ1v) is 4.80. The van der Waals surface area contributed by atoms with Gasteiger partial charge in [0.15, 0.2) is 0 Å². The minimum atomic E-state index is -0.778. The normalized spacial score (nSPS) is 9.40. The third-order valence-corrected chi connectivity index (χ3v) is 1.83. The zero-order valence-corrected chi connectivity index (χ0v) is 8.99. The van der Waals surface area contributed by atoms with Crippen molar-refractivity contribution in [1.82, 2.24) is 0 Å². The zero-order chi connectivity index (χ0) is 11.3. The number of rotatable bonds is 2. The summed E-state index contributed by atoms with van der Waals surface area (Å²) in [4.78, 5) is 23.3. The van der Waals surface area contributed by atoms with Crippen LogP contribution in [0.1, 0.15) is 6.92 Å². The number of hydrogen-bond acceptors (Lipinski definition) is 3. The molecule has 0 saturated carbocycles. The van der Waals surface area contributed by atoms with E-state index in [1.165, 1.54) is 0 Å². The van der Waals surface area contributed by atoms with Crippen molar-refractivity contribution in [3.8, 4) is 0 Å². The summed E-state index contributed by atoms with van der Waals surface area (Å²) < 4.78 is 4.72. The van der Waals surface area contributed by atoms with Crippen molar-refractivity contribution in [1.29, 1.82) is 0 Å². The molecular formula is C10H10NO3S. The largest absolute Gasteiger partial charge is 0.449 e. The lowest BCUT2D eigenvalue weighted by atomic mass is 10.3. The first kappa shape index (κ1) is 11.5. The van der Waals surface area contributed by atoms with Gasteiger partial charge in [-0.1, -0.05) is 18.2 Å². The number of imide groups is 1. The zero-order valence-electron chi connectivity index (χ0n) is 8.17. The van der Waals surface area contributed by atoms with Crippen LogP contribution in [0, 0.1) is 0 Å². The van der Waals surface area contributed by atoms with E-state index < -0.39 is 11.3 Å². The van der Waals surface area contributed by atoms with Gasteiger partial charge in [0.1, 0.15) is 0 Å². The highest BCUT2D eigenvalue weighted by Crippen LogP contribution is 2.16. The molecule has 1 radical (unpaired) electrons. The third kappa shape index (κ3) is 2.92. The minimum absolute atomic E-state index is 0.199. The van der Waals surface area contributed by atoms with Gasteiger partial charge in [-0.05, 0) is 31.7 Å². The highest BCUT2D eigenvalue weighted by Gasteiger charge is 2.22. The maximum atomic E-state index is 11.4. The standard InChI is InChI=1S/C10H10NO3S/c1-2-14-9(12)11(10(13)15)8-6-4-3-5-7-8/h3-7H,2H2,1H3. The van der Waals surface area contributed by atoms with Crippen LogP contribution in [-0.2, 0) is 4.74 Å². The number of anilines is 1. The number of ether oxygens (including phenoxy) is 1. The molecule has 15 heavy (non-hydrogen) atoms. The molecule has 0 aliphatic heterocycles. The van der Waals surface area contributed by atoms with Gasteiger partial charge in [0.25, 0.3) is 0 Å². The second kappa shape index (κ2) is 5.31. The van der Waals surface area contributed by atoms with Crippen LogP contribution in [0.5, 0.6) is 0 Å². The number of carbonyl (C=O) groups excluding carboxylic acids is 2. The summed E-state index contributed by atoms with van der Waals surface area (Å²) in [6, 6.07) is 8.42. The first-order valence-electron chi connectivity index (χ1n) is 4.39. The summed E-state index contributed by atoms with van der Waals surface area (Å²) in [5.74, 6) is 0. The Kier molecular flexibility index (Phi) is 4.05. The van der Waals surface area contributed by atoms with Gasteiger partial charge in [0.05, 0.1) is 12.3 Å². The Hall–Kier alpha value is -1.62. The van der Waals surface area contributed by atoms with Gasteiger partial charge >= 0.3 is 11.3 Å². The molecule has 5 heteroatoms. The number of nitrogens with zero attached hydrogens (tertiary/aromatic N) is 1. The van der Waals surface area contributed by atoms with E-state index in [1.807, 2.05) is 0 Å². The van der Waals surface area contributed by atoms with Gasteiger partial charge < -0.3 is 4.74 Å². The molecule has 2 amide bonds. The van der Waals surface area contributed by atoms with Crippen LogP contribution in [0.25, 0.3) is 0 Å². The SMILES string of the molecule is CCOC(=O)N(C(=O)[S])c1ccccc1. The number of hydrogen-bond donors (Lipinski definition) is 0. The van der Waals surface area contributed by atoms with E-state index in [0.29, 0.717) is 5.69 Å². The summed E-state index contributed by atoms with van der Waals surface area (Å²) >= 11 is 4.46. The Bertz CT molecular complexity index is 353. The van der Waals surface area contributed by atoms with Gasteiger partial charge in [0, 0.05) is 0 Å². The van der Waals surface area contributed by atoms with Crippen molar-refractivity contribution in [3.63, 3.8) is 0 Å². The van der Waals surface area contributed by atoms with Crippen molar-refractivity contribution < 1.29 is 14.3 Å². The van der Waals surface area contributed by atoms with E-state index in [9.17, 15) is 9.59 Å². The predicted molar refractivity (Wildman–Crippen MR) is 58.9 cm³/mol. The molecule has 0 atom stereocenters. The molecule has 1 rings (SSSR count). The second-order valence-electron chi connectivity index (χ2n) is 2.64. The Morgan fingerprint density at radius 1 is 1.33 bits per heavy atom. The molecule has 0 saturated heterocycles. The van der Waals surface area contributed by atoms with Crippen molar-refractivity contribution in [2.75, 3.05) is 11.5 Å². The maximum absolute atomic E-state index is 11.4. The number of para-hydroxylation sites is 1. The highest BCUT2D eigenvalue weighted by molar-refractivity contribution is 7.97. The maximum Gasteiger partial charge on any atom is 0.422 e. The summed E-state index contributed by atoms with van der Waals surface area (Å²) in [5, 5.41) is -0.778. The van der Waals surface area contributed by atoms with Gasteiger partial charge in [-0.3, -0.25) is 4.79 Å². The molecule has 79 valence electrons. The minimum Gasteiger partial charge on any atom is -0.449 e. The molecule has 1 aromatic carbocycles. The lowest BCUT2D eigenvalue weighted by Crippen LogP contribution is -2.33. The smallest absolute Gasteiger partial charge is 0.422 e. The van der Waals surface area contributed by atoms with Crippen LogP contribution in [0.4, 0.5) is 15.3 Å².